The van der Waals surface area contributed by atoms with Gasteiger partial charge in [-0.1, -0.05) is 24.3 Å². The maximum atomic E-state index is 12.6. The zero-order valence-electron chi connectivity index (χ0n) is 14.8. The first-order valence-corrected chi connectivity index (χ1v) is 9.33. The summed E-state index contributed by atoms with van der Waals surface area (Å²) in [5.74, 6) is 0.666. The molecule has 0 spiro atoms. The molecule has 0 saturated carbocycles. The van der Waals surface area contributed by atoms with Crippen molar-refractivity contribution in [3.8, 4) is 0 Å². The average molecular weight is 368 g/mol. The van der Waals surface area contributed by atoms with Gasteiger partial charge in [0, 0.05) is 18.0 Å². The number of hydrogen-bond donors (Lipinski definition) is 1. The summed E-state index contributed by atoms with van der Waals surface area (Å²) in [6.45, 7) is 4.01. The SMILES string of the molecule is Cc1cc2nc(CN(C)CC(=O)N3Cc4ccccc4C3)[nH]c(=O)c2s1. The maximum Gasteiger partial charge on any atom is 0.268 e. The normalized spacial score (nSPS) is 13.6. The minimum atomic E-state index is -0.113. The summed E-state index contributed by atoms with van der Waals surface area (Å²) in [5, 5.41) is 0. The van der Waals surface area contributed by atoms with Crippen molar-refractivity contribution in [2.75, 3.05) is 13.6 Å². The molecule has 1 aliphatic rings. The Bertz CT molecular complexity index is 1010. The first kappa shape index (κ1) is 16.9. The number of nitrogens with zero attached hydrogens (tertiary/aromatic N) is 3. The zero-order valence-corrected chi connectivity index (χ0v) is 15.6. The van der Waals surface area contributed by atoms with Gasteiger partial charge < -0.3 is 9.88 Å². The number of likely N-dealkylation sites (N-methyl/N-ethyl adjacent to an activating group) is 1. The van der Waals surface area contributed by atoms with E-state index in [2.05, 4.69) is 22.1 Å². The van der Waals surface area contributed by atoms with Gasteiger partial charge in [-0.15, -0.1) is 11.3 Å². The number of H-pyrrole nitrogens is 1. The summed E-state index contributed by atoms with van der Waals surface area (Å²) in [6.07, 6.45) is 0. The number of fused-ring (bicyclic) bond motifs is 2. The van der Waals surface area contributed by atoms with E-state index in [-0.39, 0.29) is 11.5 Å². The molecule has 6 nitrogen and oxygen atoms in total. The topological polar surface area (TPSA) is 69.3 Å². The number of nitrogens with one attached hydrogen (secondary N) is 1. The van der Waals surface area contributed by atoms with Crippen LogP contribution in [0.25, 0.3) is 10.2 Å². The minimum Gasteiger partial charge on any atom is -0.333 e. The summed E-state index contributed by atoms with van der Waals surface area (Å²) in [4.78, 5) is 36.9. The van der Waals surface area contributed by atoms with E-state index < -0.39 is 0 Å². The van der Waals surface area contributed by atoms with Crippen molar-refractivity contribution in [3.63, 3.8) is 0 Å². The van der Waals surface area contributed by atoms with Crippen LogP contribution >= 0.6 is 11.3 Å². The number of thiophene rings is 1. The fourth-order valence-corrected chi connectivity index (χ4v) is 4.18. The van der Waals surface area contributed by atoms with Crippen LogP contribution in [-0.4, -0.2) is 39.3 Å². The molecule has 0 radical (unpaired) electrons. The van der Waals surface area contributed by atoms with Crippen molar-refractivity contribution >= 4 is 27.5 Å². The molecule has 134 valence electrons. The molecule has 3 heterocycles. The Labute approximate surface area is 155 Å². The summed E-state index contributed by atoms with van der Waals surface area (Å²) < 4.78 is 0.653. The van der Waals surface area contributed by atoms with Crippen molar-refractivity contribution in [1.29, 1.82) is 0 Å². The second kappa shape index (κ2) is 6.66. The molecular formula is C19H20N4O2S. The van der Waals surface area contributed by atoms with Crippen molar-refractivity contribution in [3.05, 3.63) is 62.5 Å². The maximum absolute atomic E-state index is 12.6. The molecule has 0 aliphatic carbocycles. The van der Waals surface area contributed by atoms with E-state index in [9.17, 15) is 9.59 Å². The fraction of sp³-hybridized carbons (Fsp3) is 0.316. The number of aryl methyl sites for hydroxylation is 1. The number of carbonyl (C=O) groups is 1. The molecule has 1 amide bonds. The van der Waals surface area contributed by atoms with Crippen molar-refractivity contribution in [2.24, 2.45) is 0 Å². The van der Waals surface area contributed by atoms with Crippen molar-refractivity contribution in [2.45, 2.75) is 26.6 Å². The predicted octanol–water partition coefficient (Wildman–Crippen LogP) is 2.27. The van der Waals surface area contributed by atoms with E-state index in [0.29, 0.717) is 36.7 Å². The molecule has 3 aromatic rings. The molecule has 0 saturated heterocycles. The standard InChI is InChI=1S/C19H20N4O2S/c1-12-7-15-18(26-12)19(25)21-16(20-15)10-22(2)11-17(24)23-8-13-5-3-4-6-14(13)9-23/h3-7H,8-11H2,1-2H3,(H,20,21,25). The van der Waals surface area contributed by atoms with Gasteiger partial charge in [-0.2, -0.15) is 0 Å². The average Bonchev–Trinajstić information content (AvgIpc) is 3.17. The zero-order chi connectivity index (χ0) is 18.3. The Morgan fingerprint density at radius 3 is 2.69 bits per heavy atom. The molecular weight excluding hydrogens is 348 g/mol. The van der Waals surface area contributed by atoms with E-state index in [1.54, 1.807) is 0 Å². The Kier molecular flexibility index (Phi) is 4.34. The third-order valence-corrected chi connectivity index (χ3v) is 5.61. The number of aromatic amines is 1. The lowest BCUT2D eigenvalue weighted by Gasteiger charge is -2.20. The fourth-order valence-electron chi connectivity index (χ4n) is 3.33. The number of hydrogen-bond acceptors (Lipinski definition) is 5. The highest BCUT2D eigenvalue weighted by atomic mass is 32.1. The molecule has 0 unspecified atom stereocenters. The lowest BCUT2D eigenvalue weighted by Crippen LogP contribution is -2.36. The number of carbonyl (C=O) groups excluding carboxylic acids is 1. The van der Waals surface area contributed by atoms with Crippen LogP contribution in [0.5, 0.6) is 0 Å². The van der Waals surface area contributed by atoms with Gasteiger partial charge in [0.2, 0.25) is 5.91 Å². The highest BCUT2D eigenvalue weighted by molar-refractivity contribution is 7.18. The van der Waals surface area contributed by atoms with Crippen LogP contribution in [0.1, 0.15) is 21.8 Å². The Balaban J connectivity index is 1.42. The summed E-state index contributed by atoms with van der Waals surface area (Å²) in [7, 11) is 1.87. The minimum absolute atomic E-state index is 0.0819. The van der Waals surface area contributed by atoms with Crippen LogP contribution in [0.2, 0.25) is 0 Å². The van der Waals surface area contributed by atoms with Crippen LogP contribution in [0.15, 0.2) is 35.1 Å². The van der Waals surface area contributed by atoms with Crippen LogP contribution in [0, 0.1) is 6.92 Å². The molecule has 1 N–H and O–H groups in total. The molecule has 0 fully saturated rings. The third-order valence-electron chi connectivity index (χ3n) is 4.57. The number of benzene rings is 1. The second-order valence-corrected chi connectivity index (χ2v) is 8.03. The van der Waals surface area contributed by atoms with Gasteiger partial charge in [-0.3, -0.25) is 14.5 Å². The molecule has 0 atom stereocenters. The van der Waals surface area contributed by atoms with Gasteiger partial charge in [0.25, 0.3) is 5.56 Å². The first-order valence-electron chi connectivity index (χ1n) is 8.52. The third kappa shape index (κ3) is 3.27. The van der Waals surface area contributed by atoms with Gasteiger partial charge in [-0.25, -0.2) is 4.98 Å². The van der Waals surface area contributed by atoms with E-state index in [0.717, 1.165) is 10.4 Å². The Hall–Kier alpha value is -2.51. The van der Waals surface area contributed by atoms with E-state index in [1.165, 1.54) is 22.5 Å². The van der Waals surface area contributed by atoms with Gasteiger partial charge >= 0.3 is 0 Å². The van der Waals surface area contributed by atoms with Gasteiger partial charge in [0.15, 0.2) is 0 Å². The predicted molar refractivity (Wildman–Crippen MR) is 102 cm³/mol. The number of amides is 1. The van der Waals surface area contributed by atoms with Crippen LogP contribution in [0.4, 0.5) is 0 Å². The Morgan fingerprint density at radius 2 is 2.00 bits per heavy atom. The van der Waals surface area contributed by atoms with E-state index in [1.807, 2.05) is 42.0 Å². The lowest BCUT2D eigenvalue weighted by atomic mass is 10.1. The molecule has 4 rings (SSSR count). The number of rotatable bonds is 4. The van der Waals surface area contributed by atoms with Crippen LogP contribution in [-0.2, 0) is 24.4 Å². The largest absolute Gasteiger partial charge is 0.333 e. The van der Waals surface area contributed by atoms with Gasteiger partial charge in [0.05, 0.1) is 18.6 Å². The molecule has 1 aliphatic heterocycles. The highest BCUT2D eigenvalue weighted by Gasteiger charge is 2.23. The van der Waals surface area contributed by atoms with Crippen molar-refractivity contribution in [1.82, 2.24) is 19.8 Å². The highest BCUT2D eigenvalue weighted by Crippen LogP contribution is 2.22. The molecule has 2 aromatic heterocycles. The summed E-state index contributed by atoms with van der Waals surface area (Å²) in [6, 6.07) is 10.1. The quantitative estimate of drug-likeness (QED) is 0.767. The molecule has 7 heteroatoms. The second-order valence-electron chi connectivity index (χ2n) is 6.77. The van der Waals surface area contributed by atoms with Crippen molar-refractivity contribution < 1.29 is 4.79 Å². The molecule has 1 aromatic carbocycles. The summed E-state index contributed by atoms with van der Waals surface area (Å²) >= 11 is 1.45. The molecule has 0 bridgehead atoms. The number of aromatic nitrogens is 2. The van der Waals surface area contributed by atoms with Crippen LogP contribution in [0.3, 0.4) is 0 Å². The van der Waals surface area contributed by atoms with Gasteiger partial charge in [0.1, 0.15) is 10.5 Å². The monoisotopic (exact) mass is 368 g/mol. The van der Waals surface area contributed by atoms with E-state index >= 15 is 0 Å². The smallest absolute Gasteiger partial charge is 0.268 e. The Morgan fingerprint density at radius 1 is 1.31 bits per heavy atom. The molecule has 26 heavy (non-hydrogen) atoms. The summed E-state index contributed by atoms with van der Waals surface area (Å²) in [5.41, 5.74) is 3.04. The lowest BCUT2D eigenvalue weighted by molar-refractivity contribution is -0.132. The van der Waals surface area contributed by atoms with Gasteiger partial charge in [-0.05, 0) is 31.2 Å². The van der Waals surface area contributed by atoms with Crippen LogP contribution < -0.4 is 5.56 Å². The first-order chi connectivity index (χ1) is 12.5. The van der Waals surface area contributed by atoms with E-state index in [4.69, 9.17) is 0 Å².